The largest absolute Gasteiger partial charge is 0.416 e. The van der Waals surface area contributed by atoms with Gasteiger partial charge in [0.25, 0.3) is 0 Å². The van der Waals surface area contributed by atoms with Gasteiger partial charge < -0.3 is 19.5 Å². The Morgan fingerprint density at radius 1 is 1.14 bits per heavy atom. The lowest BCUT2D eigenvalue weighted by Gasteiger charge is -2.32. The van der Waals surface area contributed by atoms with Crippen LogP contribution >= 0.6 is 0 Å². The van der Waals surface area contributed by atoms with Crippen LogP contribution < -0.4 is 5.32 Å². The van der Waals surface area contributed by atoms with Crippen LogP contribution in [0.3, 0.4) is 0 Å². The second-order valence-electron chi connectivity index (χ2n) is 6.83. The normalized spacial score (nSPS) is 16.2. The molecule has 1 saturated heterocycles. The summed E-state index contributed by atoms with van der Waals surface area (Å²) in [5, 5.41) is 10.1. The molecule has 2 aromatic rings. The monoisotopic (exact) mass is 407 g/mol. The van der Waals surface area contributed by atoms with Gasteiger partial charge in [0.2, 0.25) is 5.89 Å². The summed E-state index contributed by atoms with van der Waals surface area (Å²) in [6.45, 7) is 5.59. The van der Waals surface area contributed by atoms with E-state index in [1.807, 2.05) is 0 Å². The third-order valence-electron chi connectivity index (χ3n) is 4.61. The van der Waals surface area contributed by atoms with E-state index < -0.39 is 21.5 Å². The summed E-state index contributed by atoms with van der Waals surface area (Å²) in [5.74, 6) is -1.26. The maximum Gasteiger partial charge on any atom is 0.308 e. The van der Waals surface area contributed by atoms with Crippen LogP contribution in [0.1, 0.15) is 23.0 Å². The summed E-state index contributed by atoms with van der Waals surface area (Å²) in [7, 11) is -1.49. The number of nitrogens with one attached hydrogen (secondary N) is 1. The minimum atomic E-state index is -3.60. The van der Waals surface area contributed by atoms with E-state index in [0.717, 1.165) is 39.1 Å². The molecule has 1 aromatic heterocycles. The molecule has 9 nitrogen and oxygen atoms in total. The van der Waals surface area contributed by atoms with Crippen LogP contribution in [0.2, 0.25) is 0 Å². The van der Waals surface area contributed by atoms with Gasteiger partial charge in [-0.25, -0.2) is 8.42 Å². The van der Waals surface area contributed by atoms with Gasteiger partial charge in [0.1, 0.15) is 5.75 Å². The van der Waals surface area contributed by atoms with Crippen molar-refractivity contribution < 1.29 is 17.6 Å². The summed E-state index contributed by atoms with van der Waals surface area (Å²) < 4.78 is 29.9. The average molecular weight is 407 g/mol. The smallest absolute Gasteiger partial charge is 0.308 e. The van der Waals surface area contributed by atoms with Crippen molar-refractivity contribution in [1.82, 2.24) is 25.3 Å². The first-order valence-corrected chi connectivity index (χ1v) is 10.9. The Kier molecular flexibility index (Phi) is 6.76. The number of nitrogens with zero attached hydrogens (tertiary/aromatic N) is 4. The lowest BCUT2D eigenvalue weighted by atomic mass is 10.3. The van der Waals surface area contributed by atoms with Crippen molar-refractivity contribution in [2.45, 2.75) is 17.1 Å². The Hall–Kier alpha value is -2.30. The fourth-order valence-corrected chi connectivity index (χ4v) is 4.11. The molecule has 10 heteroatoms. The highest BCUT2D eigenvalue weighted by Gasteiger charge is 2.21. The molecule has 1 fully saturated rings. The zero-order valence-electron chi connectivity index (χ0n) is 15.9. The van der Waals surface area contributed by atoms with Gasteiger partial charge in [0.15, 0.2) is 9.84 Å². The quantitative estimate of drug-likeness (QED) is 0.627. The van der Waals surface area contributed by atoms with Crippen LogP contribution in [-0.2, 0) is 15.6 Å². The number of carbonyl (C=O) groups excluding carboxylic acids is 1. The van der Waals surface area contributed by atoms with E-state index in [1.54, 1.807) is 18.2 Å². The third-order valence-corrected chi connectivity index (χ3v) is 6.23. The zero-order chi connectivity index (χ0) is 20.0. The van der Waals surface area contributed by atoms with Gasteiger partial charge in [-0.2, -0.15) is 0 Å². The first kappa shape index (κ1) is 20.4. The number of sulfone groups is 1. The Morgan fingerprint density at radius 3 is 2.57 bits per heavy atom. The molecule has 1 amide bonds. The maximum atomic E-state index is 12.3. The number of piperazine rings is 1. The van der Waals surface area contributed by atoms with E-state index in [-0.39, 0.29) is 16.7 Å². The number of hydrogen-bond donors (Lipinski definition) is 1. The van der Waals surface area contributed by atoms with E-state index in [9.17, 15) is 13.2 Å². The van der Waals surface area contributed by atoms with Gasteiger partial charge in [0, 0.05) is 32.7 Å². The van der Waals surface area contributed by atoms with Crippen molar-refractivity contribution in [3.8, 4) is 0 Å². The molecule has 0 spiro atoms. The fraction of sp³-hybridized carbons (Fsp3) is 0.500. The number of likely N-dealkylation sites (N-methyl/N-ethyl adjacent to an activating group) is 1. The number of hydrogen-bond acceptors (Lipinski definition) is 8. The predicted octanol–water partition coefficient (Wildman–Crippen LogP) is 0.411. The number of rotatable bonds is 8. The van der Waals surface area contributed by atoms with Crippen molar-refractivity contribution >= 4 is 15.7 Å². The molecule has 0 atom stereocenters. The molecule has 0 unspecified atom stereocenters. The SMILES string of the molecule is CN1CCN(CCCNC(=O)c2nnc(CS(=O)(=O)c3ccccc3)o2)CC1. The molecule has 0 saturated carbocycles. The molecule has 3 rings (SSSR count). The van der Waals surface area contributed by atoms with Crippen LogP contribution in [0, 0.1) is 0 Å². The van der Waals surface area contributed by atoms with Crippen LogP contribution in [0.4, 0.5) is 0 Å². The lowest BCUT2D eigenvalue weighted by Crippen LogP contribution is -2.45. The van der Waals surface area contributed by atoms with E-state index in [1.165, 1.54) is 12.1 Å². The minimum absolute atomic E-state index is 0.105. The van der Waals surface area contributed by atoms with Gasteiger partial charge in [-0.1, -0.05) is 18.2 Å². The molecule has 1 N–H and O–H groups in total. The summed E-state index contributed by atoms with van der Waals surface area (Å²) in [6, 6.07) is 8.01. The highest BCUT2D eigenvalue weighted by atomic mass is 32.2. The molecule has 2 heterocycles. The van der Waals surface area contributed by atoms with Crippen molar-refractivity contribution in [3.05, 3.63) is 42.1 Å². The van der Waals surface area contributed by atoms with Gasteiger partial charge in [-0.3, -0.25) is 4.79 Å². The third kappa shape index (κ3) is 5.60. The molecule has 28 heavy (non-hydrogen) atoms. The van der Waals surface area contributed by atoms with E-state index >= 15 is 0 Å². The van der Waals surface area contributed by atoms with Crippen LogP contribution in [-0.4, -0.2) is 80.6 Å². The molecular formula is C18H25N5O4S. The standard InChI is InChI=1S/C18H25N5O4S/c1-22-10-12-23(13-11-22)9-5-8-19-17(24)18-21-20-16(27-18)14-28(25,26)15-6-3-2-4-7-15/h2-4,6-7H,5,8-14H2,1H3,(H,19,24). The van der Waals surface area contributed by atoms with Gasteiger partial charge >= 0.3 is 11.8 Å². The Morgan fingerprint density at radius 2 is 1.86 bits per heavy atom. The van der Waals surface area contributed by atoms with Crippen molar-refractivity contribution in [1.29, 1.82) is 0 Å². The van der Waals surface area contributed by atoms with Gasteiger partial charge in [-0.05, 0) is 32.1 Å². The molecule has 0 aliphatic carbocycles. The number of carbonyl (C=O) groups is 1. The van der Waals surface area contributed by atoms with Crippen LogP contribution in [0.5, 0.6) is 0 Å². The predicted molar refractivity (Wildman–Crippen MR) is 103 cm³/mol. The van der Waals surface area contributed by atoms with E-state index in [2.05, 4.69) is 32.4 Å². The van der Waals surface area contributed by atoms with Gasteiger partial charge in [-0.15, -0.1) is 10.2 Å². The molecule has 0 radical (unpaired) electrons. The second kappa shape index (κ2) is 9.26. The first-order valence-electron chi connectivity index (χ1n) is 9.23. The number of benzene rings is 1. The average Bonchev–Trinajstić information content (AvgIpc) is 3.15. The van der Waals surface area contributed by atoms with Crippen molar-refractivity contribution in [2.24, 2.45) is 0 Å². The van der Waals surface area contributed by atoms with Crippen molar-refractivity contribution in [2.75, 3.05) is 46.3 Å². The first-order chi connectivity index (χ1) is 13.4. The topological polar surface area (TPSA) is 109 Å². The maximum absolute atomic E-state index is 12.3. The molecule has 0 bridgehead atoms. The van der Waals surface area contributed by atoms with E-state index in [0.29, 0.717) is 6.54 Å². The second-order valence-corrected chi connectivity index (χ2v) is 8.82. The fourth-order valence-electron chi connectivity index (χ4n) is 2.93. The molecule has 1 aromatic carbocycles. The summed E-state index contributed by atoms with van der Waals surface area (Å²) in [5.41, 5.74) is 0. The molecular weight excluding hydrogens is 382 g/mol. The number of amides is 1. The van der Waals surface area contributed by atoms with Crippen LogP contribution in [0.25, 0.3) is 0 Å². The minimum Gasteiger partial charge on any atom is -0.416 e. The summed E-state index contributed by atoms with van der Waals surface area (Å²) >= 11 is 0. The van der Waals surface area contributed by atoms with E-state index in [4.69, 9.17) is 4.42 Å². The van der Waals surface area contributed by atoms with Crippen LogP contribution in [0.15, 0.2) is 39.6 Å². The Bertz CT molecular complexity index is 876. The highest BCUT2D eigenvalue weighted by Crippen LogP contribution is 2.15. The Balaban J connectivity index is 1.45. The molecule has 1 aliphatic rings. The molecule has 152 valence electrons. The Labute approximate surface area is 164 Å². The summed E-state index contributed by atoms with van der Waals surface area (Å²) in [6.07, 6.45) is 0.818. The zero-order valence-corrected chi connectivity index (χ0v) is 16.7. The lowest BCUT2D eigenvalue weighted by molar-refractivity contribution is 0.0913. The van der Waals surface area contributed by atoms with Crippen molar-refractivity contribution in [3.63, 3.8) is 0 Å². The number of aromatic nitrogens is 2. The molecule has 1 aliphatic heterocycles. The summed E-state index contributed by atoms with van der Waals surface area (Å²) in [4.78, 5) is 16.9. The van der Waals surface area contributed by atoms with Gasteiger partial charge in [0.05, 0.1) is 4.90 Å². The highest BCUT2D eigenvalue weighted by molar-refractivity contribution is 7.90.